The summed E-state index contributed by atoms with van der Waals surface area (Å²) in [6, 6.07) is 11.7. The second kappa shape index (κ2) is 6.52. The van der Waals surface area contributed by atoms with E-state index >= 15 is 0 Å². The zero-order valence-electron chi connectivity index (χ0n) is 11.9. The van der Waals surface area contributed by atoms with Gasteiger partial charge in [0.25, 0.3) is 0 Å². The summed E-state index contributed by atoms with van der Waals surface area (Å²) in [5.74, 6) is 0.302. The lowest BCUT2D eigenvalue weighted by molar-refractivity contribution is -0.137. The van der Waals surface area contributed by atoms with Gasteiger partial charge in [0.05, 0.1) is 11.1 Å². The Morgan fingerprint density at radius 2 is 1.91 bits per heavy atom. The third kappa shape index (κ3) is 3.79. The van der Waals surface area contributed by atoms with E-state index in [9.17, 15) is 13.2 Å². The van der Waals surface area contributed by atoms with Crippen molar-refractivity contribution in [2.75, 3.05) is 0 Å². The lowest BCUT2D eigenvalue weighted by atomic mass is 10.1. The number of hydrogen-bond acceptors (Lipinski definition) is 2. The third-order valence-corrected chi connectivity index (χ3v) is 3.09. The molecule has 0 radical (unpaired) electrons. The average Bonchev–Trinajstić information content (AvgIpc) is 2.48. The topological polar surface area (TPSA) is 33.0 Å². The van der Waals surface area contributed by atoms with E-state index in [0.29, 0.717) is 5.56 Å². The van der Waals surface area contributed by atoms with Crippen molar-refractivity contribution in [3.8, 4) is 17.6 Å². The molecule has 0 saturated carbocycles. The average molecular weight is 305 g/mol. The van der Waals surface area contributed by atoms with Crippen LogP contribution in [-0.2, 0) is 12.6 Å². The number of hydrogen-bond donors (Lipinski definition) is 0. The molecular formula is C17H14F3NO. The van der Waals surface area contributed by atoms with Crippen LogP contribution in [0.25, 0.3) is 0 Å². The highest BCUT2D eigenvalue weighted by Crippen LogP contribution is 2.33. The third-order valence-electron chi connectivity index (χ3n) is 3.09. The van der Waals surface area contributed by atoms with Crippen LogP contribution < -0.4 is 4.74 Å². The first-order chi connectivity index (χ1) is 10.4. The van der Waals surface area contributed by atoms with Gasteiger partial charge in [-0.2, -0.15) is 18.4 Å². The number of benzene rings is 2. The molecule has 2 rings (SSSR count). The quantitative estimate of drug-likeness (QED) is 0.765. The molecule has 0 bridgehead atoms. The smallest absolute Gasteiger partial charge is 0.416 e. The van der Waals surface area contributed by atoms with Crippen LogP contribution in [0.2, 0.25) is 0 Å². The molecule has 22 heavy (non-hydrogen) atoms. The molecule has 0 heterocycles. The Kier molecular flexibility index (Phi) is 4.71. The van der Waals surface area contributed by atoms with E-state index in [1.54, 1.807) is 12.1 Å². The molecule has 0 spiro atoms. The van der Waals surface area contributed by atoms with E-state index in [0.717, 1.165) is 30.5 Å². The number of halogens is 3. The lowest BCUT2D eigenvalue weighted by Crippen LogP contribution is -2.04. The van der Waals surface area contributed by atoms with Crippen LogP contribution in [0.15, 0.2) is 42.5 Å². The molecule has 0 atom stereocenters. The maximum atomic E-state index is 12.7. The minimum absolute atomic E-state index is 0.0505. The molecule has 2 nitrogen and oxygen atoms in total. The Morgan fingerprint density at radius 1 is 1.14 bits per heavy atom. The van der Waals surface area contributed by atoms with Gasteiger partial charge in [-0.3, -0.25) is 0 Å². The fraction of sp³-hybridized carbons (Fsp3) is 0.235. The number of aryl methyl sites for hydroxylation is 1. The summed E-state index contributed by atoms with van der Waals surface area (Å²) >= 11 is 0. The minimum atomic E-state index is -4.43. The highest BCUT2D eigenvalue weighted by atomic mass is 19.4. The molecule has 0 aliphatic carbocycles. The molecule has 0 aliphatic rings. The highest BCUT2D eigenvalue weighted by Gasteiger charge is 2.30. The van der Waals surface area contributed by atoms with Crippen molar-refractivity contribution in [2.24, 2.45) is 0 Å². The molecule has 0 saturated heterocycles. The maximum absolute atomic E-state index is 12.7. The summed E-state index contributed by atoms with van der Waals surface area (Å²) < 4.78 is 43.5. The van der Waals surface area contributed by atoms with Gasteiger partial charge in [0.1, 0.15) is 17.6 Å². The second-order valence-corrected chi connectivity index (χ2v) is 4.82. The Balaban J connectivity index is 2.29. The van der Waals surface area contributed by atoms with E-state index in [4.69, 9.17) is 10.00 Å². The van der Waals surface area contributed by atoms with Crippen LogP contribution in [0, 0.1) is 11.3 Å². The van der Waals surface area contributed by atoms with Gasteiger partial charge in [-0.1, -0.05) is 25.5 Å². The largest absolute Gasteiger partial charge is 0.456 e. The minimum Gasteiger partial charge on any atom is -0.456 e. The van der Waals surface area contributed by atoms with Crippen molar-refractivity contribution in [1.82, 2.24) is 0 Å². The van der Waals surface area contributed by atoms with Crippen LogP contribution in [0.5, 0.6) is 11.5 Å². The number of ether oxygens (including phenoxy) is 1. The molecule has 0 fully saturated rings. The summed E-state index contributed by atoms with van der Waals surface area (Å²) in [5.41, 5.74) is 0.518. The summed E-state index contributed by atoms with van der Waals surface area (Å²) in [7, 11) is 0. The first-order valence-corrected chi connectivity index (χ1v) is 6.82. The van der Waals surface area contributed by atoms with Crippen LogP contribution in [-0.4, -0.2) is 0 Å². The van der Waals surface area contributed by atoms with Crippen molar-refractivity contribution in [3.05, 3.63) is 59.2 Å². The fourth-order valence-corrected chi connectivity index (χ4v) is 2.06. The van der Waals surface area contributed by atoms with E-state index in [2.05, 4.69) is 0 Å². The summed E-state index contributed by atoms with van der Waals surface area (Å²) in [4.78, 5) is 0. The van der Waals surface area contributed by atoms with Gasteiger partial charge in [-0.15, -0.1) is 0 Å². The normalized spacial score (nSPS) is 11.0. The predicted octanol–water partition coefficient (Wildman–Crippen LogP) is 5.32. The zero-order valence-corrected chi connectivity index (χ0v) is 11.9. The lowest BCUT2D eigenvalue weighted by Gasteiger charge is -2.11. The summed E-state index contributed by atoms with van der Waals surface area (Å²) in [6.45, 7) is 2.03. The SMILES string of the molecule is CCCc1ccc(Oc2cccc(C(F)(F)F)c2)c(C#N)c1. The molecule has 114 valence electrons. The maximum Gasteiger partial charge on any atom is 0.416 e. The van der Waals surface area contributed by atoms with Gasteiger partial charge < -0.3 is 4.74 Å². The Bertz CT molecular complexity index is 702. The molecular weight excluding hydrogens is 291 g/mol. The first kappa shape index (κ1) is 15.9. The van der Waals surface area contributed by atoms with Gasteiger partial charge >= 0.3 is 6.18 Å². The fourth-order valence-electron chi connectivity index (χ4n) is 2.06. The number of nitrogens with zero attached hydrogens (tertiary/aromatic N) is 1. The van der Waals surface area contributed by atoms with Gasteiger partial charge in [0.15, 0.2) is 0 Å². The van der Waals surface area contributed by atoms with E-state index in [1.165, 1.54) is 12.1 Å². The van der Waals surface area contributed by atoms with Crippen molar-refractivity contribution in [1.29, 1.82) is 5.26 Å². The molecule has 5 heteroatoms. The van der Waals surface area contributed by atoms with Gasteiger partial charge in [0.2, 0.25) is 0 Å². The Hall–Kier alpha value is -2.48. The van der Waals surface area contributed by atoms with Crippen molar-refractivity contribution in [2.45, 2.75) is 25.9 Å². The monoisotopic (exact) mass is 305 g/mol. The van der Waals surface area contributed by atoms with Crippen molar-refractivity contribution >= 4 is 0 Å². The van der Waals surface area contributed by atoms with Crippen molar-refractivity contribution in [3.63, 3.8) is 0 Å². The first-order valence-electron chi connectivity index (χ1n) is 6.82. The number of alkyl halides is 3. The highest BCUT2D eigenvalue weighted by molar-refractivity contribution is 5.47. The van der Waals surface area contributed by atoms with Gasteiger partial charge in [-0.05, 0) is 42.3 Å². The molecule has 0 amide bonds. The molecule has 2 aromatic carbocycles. The van der Waals surface area contributed by atoms with Crippen LogP contribution in [0.3, 0.4) is 0 Å². The van der Waals surface area contributed by atoms with Gasteiger partial charge in [-0.25, -0.2) is 0 Å². The van der Waals surface area contributed by atoms with Crippen LogP contribution in [0.1, 0.15) is 30.0 Å². The number of rotatable bonds is 4. The van der Waals surface area contributed by atoms with E-state index in [1.807, 2.05) is 19.1 Å². The Labute approximate surface area is 126 Å². The second-order valence-electron chi connectivity index (χ2n) is 4.82. The summed E-state index contributed by atoms with van der Waals surface area (Å²) in [5, 5.41) is 9.16. The summed E-state index contributed by atoms with van der Waals surface area (Å²) in [6.07, 6.45) is -2.65. The predicted molar refractivity (Wildman–Crippen MR) is 76.7 cm³/mol. The molecule has 0 unspecified atom stereocenters. The van der Waals surface area contributed by atoms with Crippen molar-refractivity contribution < 1.29 is 17.9 Å². The molecule has 2 aromatic rings. The van der Waals surface area contributed by atoms with Gasteiger partial charge in [0, 0.05) is 0 Å². The molecule has 0 aromatic heterocycles. The zero-order chi connectivity index (χ0) is 16.2. The van der Waals surface area contributed by atoms with E-state index < -0.39 is 11.7 Å². The molecule has 0 aliphatic heterocycles. The van der Waals surface area contributed by atoms with Crippen LogP contribution in [0.4, 0.5) is 13.2 Å². The standard InChI is InChI=1S/C17H14F3NO/c1-2-4-12-7-8-16(13(9-12)11-21)22-15-6-3-5-14(10-15)17(18,19)20/h3,5-10H,2,4H2,1H3. The van der Waals surface area contributed by atoms with Crippen LogP contribution >= 0.6 is 0 Å². The Morgan fingerprint density at radius 3 is 2.55 bits per heavy atom. The van der Waals surface area contributed by atoms with E-state index in [-0.39, 0.29) is 11.5 Å². The molecule has 0 N–H and O–H groups in total. The number of nitriles is 1.